The standard InChI is InChI=1S/C18H23N3O3/c1-13(2)24-15-9-5-4-8-14(15)12-19-21-16(22)18(20-17(21)23)10-6-3-7-11-18/h4-5,8-9,12-13H,3,6-7,10-11H2,1-2H3,(H,20,23). The van der Waals surface area contributed by atoms with E-state index in [9.17, 15) is 9.59 Å². The highest BCUT2D eigenvalue weighted by Gasteiger charge is 2.51. The maximum atomic E-state index is 12.7. The zero-order chi connectivity index (χ0) is 17.2. The molecule has 2 aliphatic rings. The first-order chi connectivity index (χ1) is 11.5. The van der Waals surface area contributed by atoms with Gasteiger partial charge in [0.25, 0.3) is 5.91 Å². The number of urea groups is 1. The number of para-hydroxylation sites is 1. The smallest absolute Gasteiger partial charge is 0.346 e. The van der Waals surface area contributed by atoms with Crippen LogP contribution in [0, 0.1) is 0 Å². The molecular weight excluding hydrogens is 306 g/mol. The van der Waals surface area contributed by atoms with E-state index in [0.29, 0.717) is 18.6 Å². The Morgan fingerprint density at radius 3 is 2.62 bits per heavy atom. The number of nitrogens with zero attached hydrogens (tertiary/aromatic N) is 2. The van der Waals surface area contributed by atoms with Gasteiger partial charge in [0.1, 0.15) is 11.3 Å². The van der Waals surface area contributed by atoms with Gasteiger partial charge in [0, 0.05) is 5.56 Å². The van der Waals surface area contributed by atoms with E-state index in [4.69, 9.17) is 4.74 Å². The molecule has 0 bridgehead atoms. The van der Waals surface area contributed by atoms with E-state index in [-0.39, 0.29) is 12.0 Å². The van der Waals surface area contributed by atoms with Crippen LogP contribution in [0.4, 0.5) is 4.79 Å². The molecule has 1 saturated carbocycles. The minimum absolute atomic E-state index is 0.0294. The first-order valence-corrected chi connectivity index (χ1v) is 8.48. The summed E-state index contributed by atoms with van der Waals surface area (Å²) in [4.78, 5) is 24.9. The Morgan fingerprint density at radius 2 is 1.92 bits per heavy atom. The number of hydrogen-bond acceptors (Lipinski definition) is 4. The number of imide groups is 1. The van der Waals surface area contributed by atoms with E-state index in [1.807, 2.05) is 38.1 Å². The van der Waals surface area contributed by atoms with Gasteiger partial charge >= 0.3 is 6.03 Å². The van der Waals surface area contributed by atoms with Crippen molar-refractivity contribution in [2.75, 3.05) is 0 Å². The molecular formula is C18H23N3O3. The normalized spacial score (nSPS) is 20.2. The van der Waals surface area contributed by atoms with Crippen LogP contribution in [0.15, 0.2) is 29.4 Å². The topological polar surface area (TPSA) is 71.0 Å². The third kappa shape index (κ3) is 3.13. The van der Waals surface area contributed by atoms with Gasteiger partial charge in [-0.2, -0.15) is 5.10 Å². The molecule has 24 heavy (non-hydrogen) atoms. The summed E-state index contributed by atoms with van der Waals surface area (Å²) < 4.78 is 5.73. The lowest BCUT2D eigenvalue weighted by Gasteiger charge is -2.29. The first-order valence-electron chi connectivity index (χ1n) is 8.48. The zero-order valence-corrected chi connectivity index (χ0v) is 14.1. The van der Waals surface area contributed by atoms with Gasteiger partial charge in [-0.15, -0.1) is 5.01 Å². The predicted molar refractivity (Wildman–Crippen MR) is 91.0 cm³/mol. The van der Waals surface area contributed by atoms with Gasteiger partial charge in [0.15, 0.2) is 0 Å². The molecule has 128 valence electrons. The Bertz CT molecular complexity index is 663. The average Bonchev–Trinajstić information content (AvgIpc) is 2.77. The van der Waals surface area contributed by atoms with Crippen molar-refractivity contribution >= 4 is 18.2 Å². The molecule has 3 amide bonds. The number of nitrogens with one attached hydrogen (secondary N) is 1. The van der Waals surface area contributed by atoms with E-state index < -0.39 is 11.6 Å². The molecule has 0 aromatic heterocycles. The van der Waals surface area contributed by atoms with Crippen molar-refractivity contribution in [3.05, 3.63) is 29.8 Å². The van der Waals surface area contributed by atoms with Crippen LogP contribution >= 0.6 is 0 Å². The summed E-state index contributed by atoms with van der Waals surface area (Å²) in [5.74, 6) is 0.432. The van der Waals surface area contributed by atoms with E-state index in [1.54, 1.807) is 0 Å². The maximum absolute atomic E-state index is 12.7. The van der Waals surface area contributed by atoms with Gasteiger partial charge < -0.3 is 10.1 Å². The van der Waals surface area contributed by atoms with Gasteiger partial charge in [-0.25, -0.2) is 4.79 Å². The number of rotatable bonds is 4. The van der Waals surface area contributed by atoms with Gasteiger partial charge in [0.05, 0.1) is 12.3 Å². The SMILES string of the molecule is CC(C)Oc1ccccc1C=NN1C(=O)NC2(CCCCC2)C1=O. The van der Waals surface area contributed by atoms with Gasteiger partial charge in [0.2, 0.25) is 0 Å². The molecule has 6 nitrogen and oxygen atoms in total. The van der Waals surface area contributed by atoms with Gasteiger partial charge in [-0.05, 0) is 38.8 Å². The number of amides is 3. The fourth-order valence-corrected chi connectivity index (χ4v) is 3.27. The summed E-state index contributed by atoms with van der Waals surface area (Å²) in [6.45, 7) is 3.89. The van der Waals surface area contributed by atoms with E-state index in [1.165, 1.54) is 6.21 Å². The Morgan fingerprint density at radius 1 is 1.21 bits per heavy atom. The number of hydrazone groups is 1. The second-order valence-corrected chi connectivity index (χ2v) is 6.64. The maximum Gasteiger partial charge on any atom is 0.346 e. The first kappa shape index (κ1) is 16.5. The van der Waals surface area contributed by atoms with Crippen molar-refractivity contribution in [1.82, 2.24) is 10.3 Å². The second-order valence-electron chi connectivity index (χ2n) is 6.64. The highest BCUT2D eigenvalue weighted by Crippen LogP contribution is 2.33. The molecule has 0 radical (unpaired) electrons. The fourth-order valence-electron chi connectivity index (χ4n) is 3.27. The Kier molecular flexibility index (Phi) is 4.55. The van der Waals surface area contributed by atoms with E-state index in [0.717, 1.165) is 29.8 Å². The molecule has 1 heterocycles. The second kappa shape index (κ2) is 6.63. The van der Waals surface area contributed by atoms with Crippen LogP contribution in [0.25, 0.3) is 0 Å². The van der Waals surface area contributed by atoms with Crippen LogP contribution in [-0.2, 0) is 4.79 Å². The molecule has 3 rings (SSSR count). The highest BCUT2D eigenvalue weighted by molar-refractivity contribution is 6.07. The van der Waals surface area contributed by atoms with Crippen LogP contribution in [0.3, 0.4) is 0 Å². The highest BCUT2D eigenvalue weighted by atomic mass is 16.5. The lowest BCUT2D eigenvalue weighted by molar-refractivity contribution is -0.132. The van der Waals surface area contributed by atoms with Crippen molar-refractivity contribution in [2.24, 2.45) is 5.10 Å². The van der Waals surface area contributed by atoms with E-state index in [2.05, 4.69) is 10.4 Å². The summed E-state index contributed by atoms with van der Waals surface area (Å²) in [7, 11) is 0. The molecule has 1 aliphatic heterocycles. The summed E-state index contributed by atoms with van der Waals surface area (Å²) in [6.07, 6.45) is 5.93. The van der Waals surface area contributed by atoms with Gasteiger partial charge in [-0.1, -0.05) is 31.4 Å². The van der Waals surface area contributed by atoms with Crippen LogP contribution in [0.1, 0.15) is 51.5 Å². The minimum Gasteiger partial charge on any atom is -0.490 e. The molecule has 1 aliphatic carbocycles. The molecule has 1 saturated heterocycles. The quantitative estimate of drug-likeness (QED) is 0.682. The summed E-state index contributed by atoms with van der Waals surface area (Å²) in [5.41, 5.74) is -0.0166. The number of hydrogen-bond donors (Lipinski definition) is 1. The molecule has 0 atom stereocenters. The Labute approximate surface area is 141 Å². The largest absolute Gasteiger partial charge is 0.490 e. The number of carbonyl (C=O) groups excluding carboxylic acids is 2. The Hall–Kier alpha value is -2.37. The molecule has 1 aromatic rings. The summed E-state index contributed by atoms with van der Waals surface area (Å²) >= 11 is 0. The third-order valence-electron chi connectivity index (χ3n) is 4.44. The molecule has 0 unspecified atom stereocenters. The van der Waals surface area contributed by atoms with Crippen molar-refractivity contribution in [3.63, 3.8) is 0 Å². The third-order valence-corrected chi connectivity index (χ3v) is 4.44. The molecule has 1 spiro atoms. The zero-order valence-electron chi connectivity index (χ0n) is 14.1. The monoisotopic (exact) mass is 329 g/mol. The summed E-state index contributed by atoms with van der Waals surface area (Å²) in [5, 5.41) is 7.94. The fraction of sp³-hybridized carbons (Fsp3) is 0.500. The van der Waals surface area contributed by atoms with Crippen molar-refractivity contribution in [3.8, 4) is 5.75 Å². The Balaban J connectivity index is 1.80. The van der Waals surface area contributed by atoms with Crippen LogP contribution in [0.5, 0.6) is 5.75 Å². The molecule has 6 heteroatoms. The van der Waals surface area contributed by atoms with Crippen molar-refractivity contribution < 1.29 is 14.3 Å². The number of carbonyl (C=O) groups is 2. The molecule has 1 aromatic carbocycles. The summed E-state index contributed by atoms with van der Waals surface area (Å²) in [6, 6.07) is 6.98. The van der Waals surface area contributed by atoms with Crippen molar-refractivity contribution in [1.29, 1.82) is 0 Å². The molecule has 1 N–H and O–H groups in total. The van der Waals surface area contributed by atoms with E-state index >= 15 is 0 Å². The predicted octanol–water partition coefficient (Wildman–Crippen LogP) is 3.06. The van der Waals surface area contributed by atoms with Crippen LogP contribution in [0.2, 0.25) is 0 Å². The minimum atomic E-state index is -0.749. The number of benzene rings is 1. The molecule has 2 fully saturated rings. The average molecular weight is 329 g/mol. The lowest BCUT2D eigenvalue weighted by Crippen LogP contribution is -2.48. The van der Waals surface area contributed by atoms with Gasteiger partial charge in [-0.3, -0.25) is 4.79 Å². The lowest BCUT2D eigenvalue weighted by atomic mass is 9.82. The van der Waals surface area contributed by atoms with Crippen molar-refractivity contribution in [2.45, 2.75) is 57.6 Å². The number of ether oxygens (including phenoxy) is 1. The van der Waals surface area contributed by atoms with Crippen LogP contribution < -0.4 is 10.1 Å². The van der Waals surface area contributed by atoms with Crippen LogP contribution in [-0.4, -0.2) is 34.8 Å².